The molecule has 4 aliphatic heterocycles. The molecule has 298 valence electrons. The van der Waals surface area contributed by atoms with E-state index < -0.39 is 30.2 Å². The van der Waals surface area contributed by atoms with Crippen molar-refractivity contribution in [3.63, 3.8) is 0 Å². The van der Waals surface area contributed by atoms with Crippen LogP contribution in [0.1, 0.15) is 58.4 Å². The number of amides is 1. The minimum absolute atomic E-state index is 0.0489. The van der Waals surface area contributed by atoms with E-state index >= 15 is 4.39 Å². The van der Waals surface area contributed by atoms with Crippen molar-refractivity contribution in [2.45, 2.75) is 82.3 Å². The number of nitrogens with zero attached hydrogens (tertiary/aromatic N) is 6. The van der Waals surface area contributed by atoms with Gasteiger partial charge in [-0.3, -0.25) is 9.80 Å². The normalized spacial score (nSPS) is 23.8. The Bertz CT molecular complexity index is 2140. The summed E-state index contributed by atoms with van der Waals surface area (Å²) in [6.45, 7) is 7.92. The summed E-state index contributed by atoms with van der Waals surface area (Å²) in [6, 6.07) is 6.03. The molecular formula is C38H45BF2N6O8S. The predicted molar refractivity (Wildman–Crippen MR) is 207 cm³/mol. The molecule has 2 aromatic heterocycles. The van der Waals surface area contributed by atoms with E-state index in [0.717, 1.165) is 49.5 Å². The molecule has 0 aliphatic carbocycles. The molecule has 4 aliphatic rings. The number of halogens is 2. The zero-order valence-corrected chi connectivity index (χ0v) is 32.6. The number of rotatable bonds is 11. The molecule has 4 atom stereocenters. The Labute approximate surface area is 327 Å². The van der Waals surface area contributed by atoms with Gasteiger partial charge in [0.25, 0.3) is 5.19 Å². The molecule has 18 heteroatoms. The lowest BCUT2D eigenvalue weighted by atomic mass is 9.89. The number of ether oxygens (including phenoxy) is 5. The molecule has 1 amide bonds. The van der Waals surface area contributed by atoms with Crippen LogP contribution in [0.2, 0.25) is 0 Å². The average molecular weight is 795 g/mol. The molecule has 56 heavy (non-hydrogen) atoms. The smallest absolute Gasteiger partial charge is 0.467 e. The lowest BCUT2D eigenvalue weighted by Gasteiger charge is -2.41. The Morgan fingerprint density at radius 1 is 1.11 bits per heavy atom. The molecule has 0 radical (unpaired) electrons. The van der Waals surface area contributed by atoms with Crippen molar-refractivity contribution >= 4 is 57.6 Å². The van der Waals surface area contributed by atoms with Crippen molar-refractivity contribution in [1.82, 2.24) is 24.8 Å². The van der Waals surface area contributed by atoms with Gasteiger partial charge in [-0.15, -0.1) is 0 Å². The first-order chi connectivity index (χ1) is 26.8. The fourth-order valence-electron chi connectivity index (χ4n) is 8.57. The molecule has 2 aromatic carbocycles. The largest absolute Gasteiger partial charge is 0.480 e. The summed E-state index contributed by atoms with van der Waals surface area (Å²) in [5.74, 6) is 1.54. The fourth-order valence-corrected chi connectivity index (χ4v) is 9.36. The van der Waals surface area contributed by atoms with E-state index in [1.54, 1.807) is 18.2 Å². The molecular weight excluding hydrogens is 749 g/mol. The van der Waals surface area contributed by atoms with Gasteiger partial charge < -0.3 is 38.6 Å². The Morgan fingerprint density at radius 2 is 1.89 bits per heavy atom. The number of piperazine rings is 1. The van der Waals surface area contributed by atoms with Gasteiger partial charge in [0.1, 0.15) is 41.2 Å². The lowest BCUT2D eigenvalue weighted by Crippen LogP contribution is -2.57. The van der Waals surface area contributed by atoms with Gasteiger partial charge in [-0.25, -0.2) is 13.6 Å². The van der Waals surface area contributed by atoms with Crippen LogP contribution in [0.15, 0.2) is 30.2 Å². The fraction of sp³-hybridized carbons (Fsp3) is 0.526. The van der Waals surface area contributed by atoms with Crippen molar-refractivity contribution in [2.24, 2.45) is 0 Å². The zero-order chi connectivity index (χ0) is 39.4. The highest BCUT2D eigenvalue weighted by Crippen LogP contribution is 2.44. The van der Waals surface area contributed by atoms with Gasteiger partial charge in [0.05, 0.1) is 17.6 Å². The molecule has 8 rings (SSSR count). The zero-order valence-electron chi connectivity index (χ0n) is 31.7. The number of carbonyl (C=O) groups excluding carboxylic acids is 1. The van der Waals surface area contributed by atoms with Crippen molar-refractivity contribution in [3.8, 4) is 22.7 Å². The second-order valence-electron chi connectivity index (χ2n) is 15.9. The molecule has 4 fully saturated rings. The van der Waals surface area contributed by atoms with Crippen LogP contribution >= 0.6 is 11.3 Å². The van der Waals surface area contributed by atoms with Crippen LogP contribution in [0, 0.1) is 5.82 Å². The predicted octanol–water partition coefficient (Wildman–Crippen LogP) is 5.72. The Hall–Kier alpha value is -4.36. The minimum atomic E-state index is -1.80. The quantitative estimate of drug-likeness (QED) is 0.141. The van der Waals surface area contributed by atoms with Crippen LogP contribution in [0.3, 0.4) is 0 Å². The van der Waals surface area contributed by atoms with E-state index in [1.807, 2.05) is 25.7 Å². The van der Waals surface area contributed by atoms with Gasteiger partial charge in [-0.2, -0.15) is 15.0 Å². The Balaban J connectivity index is 1.17. The standard InChI is InChI=1S/C38H45BF2N6O8S/c1-37(2,3)55-36(48)47-24-7-8-25(47)19-45(18-24)32-31-33(44-34(43-32)52-20-38-11-5-13-46(38)17-23(40)16-38)56-35(42-31)54-29-15-26(53-21-51-4)14-22-6-9-28(41)27(30(22)29)10-12-39(49)50/h6,9-10,12,14-15,23-25,49-50H,5,7-8,11,13,16-21H2,1-4H3/b12-10+/t23-,24?,25?,38-/m0/s1. The Morgan fingerprint density at radius 3 is 2.62 bits per heavy atom. The average Bonchev–Trinajstić information content (AvgIpc) is 3.87. The van der Waals surface area contributed by atoms with E-state index in [4.69, 9.17) is 38.6 Å². The van der Waals surface area contributed by atoms with Crippen LogP contribution in [-0.4, -0.2) is 124 Å². The topological polar surface area (TPSA) is 152 Å². The summed E-state index contributed by atoms with van der Waals surface area (Å²) in [5.41, 5.74) is -0.515. The van der Waals surface area contributed by atoms with E-state index in [-0.39, 0.29) is 54.1 Å². The van der Waals surface area contributed by atoms with E-state index in [9.17, 15) is 19.2 Å². The number of hydrogen-bond donors (Lipinski definition) is 2. The summed E-state index contributed by atoms with van der Waals surface area (Å²) < 4.78 is 59.4. The summed E-state index contributed by atoms with van der Waals surface area (Å²) in [6.07, 6.45) is 3.83. The summed E-state index contributed by atoms with van der Waals surface area (Å²) >= 11 is 1.15. The SMILES string of the molecule is COCOc1cc(Oc2nc3c(N4CC5CCC(C4)N5C(=O)OC(C)(C)C)nc(OC[C@@]45CCCN4C[C@@H](F)C5)nc3s2)c2c(/C=C/B(O)O)c(F)ccc2c1. The van der Waals surface area contributed by atoms with Crippen molar-refractivity contribution in [1.29, 1.82) is 0 Å². The van der Waals surface area contributed by atoms with Crippen molar-refractivity contribution in [3.05, 3.63) is 41.6 Å². The van der Waals surface area contributed by atoms with Crippen LogP contribution in [-0.2, 0) is 9.47 Å². The third-order valence-electron chi connectivity index (χ3n) is 10.8. The van der Waals surface area contributed by atoms with Gasteiger partial charge in [-0.1, -0.05) is 29.5 Å². The minimum Gasteiger partial charge on any atom is -0.467 e. The molecule has 2 unspecified atom stereocenters. The molecule has 0 saturated carbocycles. The maximum absolute atomic E-state index is 15.3. The number of alkyl halides is 1. The monoisotopic (exact) mass is 794 g/mol. The number of benzene rings is 2. The lowest BCUT2D eigenvalue weighted by molar-refractivity contribution is 0.0122. The first-order valence-corrected chi connectivity index (χ1v) is 19.7. The number of aromatic nitrogens is 3. The van der Waals surface area contributed by atoms with Crippen LogP contribution < -0.4 is 19.1 Å². The molecule has 14 nitrogen and oxygen atoms in total. The highest BCUT2D eigenvalue weighted by molar-refractivity contribution is 7.19. The molecule has 2 bridgehead atoms. The summed E-state index contributed by atoms with van der Waals surface area (Å²) in [7, 11) is -0.312. The first kappa shape index (κ1) is 38.5. The van der Waals surface area contributed by atoms with Crippen LogP contribution in [0.4, 0.5) is 19.4 Å². The number of thiazole rings is 1. The molecule has 6 heterocycles. The number of carbonyl (C=O) groups is 1. The highest BCUT2D eigenvalue weighted by atomic mass is 32.1. The van der Waals surface area contributed by atoms with Gasteiger partial charge in [0.2, 0.25) is 0 Å². The number of hydrogen-bond acceptors (Lipinski definition) is 14. The summed E-state index contributed by atoms with van der Waals surface area (Å²) in [5, 5.41) is 20.2. The maximum atomic E-state index is 15.3. The number of methoxy groups -OCH3 is 1. The van der Waals surface area contributed by atoms with Gasteiger partial charge >= 0.3 is 19.2 Å². The highest BCUT2D eigenvalue weighted by Gasteiger charge is 2.50. The number of anilines is 1. The first-order valence-electron chi connectivity index (χ1n) is 18.9. The molecule has 2 N–H and O–H groups in total. The second-order valence-corrected chi connectivity index (χ2v) is 16.9. The van der Waals surface area contributed by atoms with Crippen molar-refractivity contribution in [2.75, 3.05) is 51.6 Å². The number of fused-ring (bicyclic) bond motifs is 5. The molecule has 4 saturated heterocycles. The summed E-state index contributed by atoms with van der Waals surface area (Å²) in [4.78, 5) is 34.5. The Kier molecular flexibility index (Phi) is 10.4. The molecule has 4 aromatic rings. The third-order valence-corrected chi connectivity index (χ3v) is 11.7. The van der Waals surface area contributed by atoms with Gasteiger partial charge in [0, 0.05) is 50.2 Å². The van der Waals surface area contributed by atoms with Gasteiger partial charge in [0.15, 0.2) is 17.4 Å². The molecule has 0 spiro atoms. The second kappa shape index (κ2) is 15.2. The van der Waals surface area contributed by atoms with Gasteiger partial charge in [-0.05, 0) is 70.5 Å². The van der Waals surface area contributed by atoms with E-state index in [0.29, 0.717) is 58.7 Å². The van der Waals surface area contributed by atoms with Crippen LogP contribution in [0.5, 0.6) is 22.7 Å². The van der Waals surface area contributed by atoms with E-state index in [2.05, 4.69) is 9.80 Å². The third kappa shape index (κ3) is 7.68. The van der Waals surface area contributed by atoms with Crippen molar-refractivity contribution < 1.29 is 47.3 Å². The van der Waals surface area contributed by atoms with E-state index in [1.165, 1.54) is 19.3 Å². The maximum Gasteiger partial charge on any atom is 0.480 e. The van der Waals surface area contributed by atoms with Crippen LogP contribution in [0.25, 0.3) is 27.2 Å².